The fourth-order valence-electron chi connectivity index (χ4n) is 9.02. The maximum atomic E-state index is 5.38. The monoisotopic (exact) mass is 730 g/mol. The summed E-state index contributed by atoms with van der Waals surface area (Å²) in [5, 5.41) is 2.60. The molecule has 0 unspecified atom stereocenters. The number of benzene rings is 8. The standard InChI is InChI=1S/C53H34N2S/c1-4-17-35(18-5-1)52-54-46(37-20-14-19-36(33-37)40-27-16-32-49-51(40)43-26-11-13-31-48(43)56-49)34-47(55-52)42-28-15-30-45-50(42)41-25-10-12-29-44(41)53(45,38-21-6-2-7-22-38)39-23-8-3-9-24-39/h1-34H. The third-order valence-electron chi connectivity index (χ3n) is 11.4. The van der Waals surface area contributed by atoms with Gasteiger partial charge in [-0.2, -0.15) is 0 Å². The molecule has 8 aromatic carbocycles. The van der Waals surface area contributed by atoms with Crippen molar-refractivity contribution in [1.29, 1.82) is 0 Å². The van der Waals surface area contributed by atoms with E-state index in [0.29, 0.717) is 5.82 Å². The van der Waals surface area contributed by atoms with Gasteiger partial charge in [0.1, 0.15) is 0 Å². The first-order valence-electron chi connectivity index (χ1n) is 19.1. The average Bonchev–Trinajstić information content (AvgIpc) is 3.81. The molecule has 0 fully saturated rings. The molecule has 0 saturated heterocycles. The topological polar surface area (TPSA) is 25.8 Å². The van der Waals surface area contributed by atoms with Crippen molar-refractivity contribution < 1.29 is 0 Å². The predicted octanol–water partition coefficient (Wildman–Crippen LogP) is 13.9. The van der Waals surface area contributed by atoms with E-state index in [1.165, 1.54) is 64.7 Å². The van der Waals surface area contributed by atoms with Crippen LogP contribution in [0.25, 0.3) is 76.3 Å². The second kappa shape index (κ2) is 13.1. The summed E-state index contributed by atoms with van der Waals surface area (Å²) < 4.78 is 2.60. The number of hydrogen-bond donors (Lipinski definition) is 0. The molecule has 3 heteroatoms. The van der Waals surface area contributed by atoms with Crippen molar-refractivity contribution in [2.24, 2.45) is 0 Å². The van der Waals surface area contributed by atoms with Crippen molar-refractivity contribution in [3.8, 4) is 56.2 Å². The maximum Gasteiger partial charge on any atom is 0.160 e. The Morgan fingerprint density at radius 1 is 0.375 bits per heavy atom. The van der Waals surface area contributed by atoms with E-state index < -0.39 is 5.41 Å². The molecule has 11 rings (SSSR count). The predicted molar refractivity (Wildman–Crippen MR) is 234 cm³/mol. The summed E-state index contributed by atoms with van der Waals surface area (Å²) in [4.78, 5) is 10.7. The fraction of sp³-hybridized carbons (Fsp3) is 0.0189. The van der Waals surface area contributed by atoms with E-state index in [0.717, 1.165) is 28.1 Å². The molecule has 0 aliphatic heterocycles. The number of thiophene rings is 1. The number of hydrogen-bond acceptors (Lipinski definition) is 3. The van der Waals surface area contributed by atoms with E-state index in [9.17, 15) is 0 Å². The van der Waals surface area contributed by atoms with Crippen LogP contribution in [0.3, 0.4) is 0 Å². The average molecular weight is 731 g/mol. The minimum absolute atomic E-state index is 0.496. The van der Waals surface area contributed by atoms with Gasteiger partial charge in [-0.3, -0.25) is 0 Å². The van der Waals surface area contributed by atoms with Crippen LogP contribution >= 0.6 is 11.3 Å². The van der Waals surface area contributed by atoms with Crippen molar-refractivity contribution >= 4 is 31.5 Å². The molecule has 0 amide bonds. The SMILES string of the molecule is c1ccc(-c2nc(-c3cccc(-c4cccc5sc6ccccc6c45)c3)cc(-c3cccc4c3-c3ccccc3C4(c3ccccc3)c3ccccc3)n2)cc1. The second-order valence-corrected chi connectivity index (χ2v) is 15.5. The van der Waals surface area contributed by atoms with Crippen LogP contribution in [-0.2, 0) is 5.41 Å². The Morgan fingerprint density at radius 2 is 0.929 bits per heavy atom. The van der Waals surface area contributed by atoms with Gasteiger partial charge in [0.25, 0.3) is 0 Å². The summed E-state index contributed by atoms with van der Waals surface area (Å²) in [5.41, 5.74) is 14.3. The number of aromatic nitrogens is 2. The Balaban J connectivity index is 1.15. The summed E-state index contributed by atoms with van der Waals surface area (Å²) >= 11 is 1.85. The molecule has 56 heavy (non-hydrogen) atoms. The summed E-state index contributed by atoms with van der Waals surface area (Å²) in [7, 11) is 0. The first-order chi connectivity index (χ1) is 27.8. The van der Waals surface area contributed by atoms with Gasteiger partial charge in [-0.25, -0.2) is 9.97 Å². The Labute approximate surface area is 330 Å². The molecule has 1 aliphatic carbocycles. The molecule has 2 aromatic heterocycles. The molecule has 0 bridgehead atoms. The van der Waals surface area contributed by atoms with E-state index in [2.05, 4.69) is 200 Å². The van der Waals surface area contributed by atoms with Crippen LogP contribution < -0.4 is 0 Å². The molecule has 262 valence electrons. The Kier molecular flexibility index (Phi) is 7.61. The largest absolute Gasteiger partial charge is 0.228 e. The van der Waals surface area contributed by atoms with Crippen LogP contribution in [0.5, 0.6) is 0 Å². The summed E-state index contributed by atoms with van der Waals surface area (Å²) in [6, 6.07) is 74.4. The number of rotatable bonds is 6. The van der Waals surface area contributed by atoms with Crippen LogP contribution in [0.1, 0.15) is 22.3 Å². The van der Waals surface area contributed by atoms with Crippen molar-refractivity contribution in [1.82, 2.24) is 9.97 Å². The van der Waals surface area contributed by atoms with Crippen molar-refractivity contribution in [3.63, 3.8) is 0 Å². The maximum absolute atomic E-state index is 5.38. The molecule has 0 radical (unpaired) electrons. The van der Waals surface area contributed by atoms with Crippen LogP contribution in [0, 0.1) is 0 Å². The van der Waals surface area contributed by atoms with E-state index in [4.69, 9.17) is 9.97 Å². The summed E-state index contributed by atoms with van der Waals surface area (Å²) in [6.07, 6.45) is 0. The normalized spacial score (nSPS) is 12.8. The highest BCUT2D eigenvalue weighted by Crippen LogP contribution is 2.58. The van der Waals surface area contributed by atoms with Gasteiger partial charge in [-0.15, -0.1) is 11.3 Å². The summed E-state index contributed by atoms with van der Waals surface area (Å²) in [6.45, 7) is 0. The molecule has 1 aliphatic rings. The molecule has 2 nitrogen and oxygen atoms in total. The van der Waals surface area contributed by atoms with E-state index >= 15 is 0 Å². The quantitative estimate of drug-likeness (QED) is 0.170. The highest BCUT2D eigenvalue weighted by molar-refractivity contribution is 7.25. The highest BCUT2D eigenvalue weighted by atomic mass is 32.1. The highest BCUT2D eigenvalue weighted by Gasteiger charge is 2.46. The third-order valence-corrected chi connectivity index (χ3v) is 12.5. The van der Waals surface area contributed by atoms with Gasteiger partial charge < -0.3 is 0 Å². The third kappa shape index (κ3) is 5.02. The van der Waals surface area contributed by atoms with Gasteiger partial charge in [-0.05, 0) is 68.8 Å². The zero-order chi connectivity index (χ0) is 37.1. The molecular formula is C53H34N2S. The lowest BCUT2D eigenvalue weighted by Gasteiger charge is -2.33. The van der Waals surface area contributed by atoms with Gasteiger partial charge >= 0.3 is 0 Å². The van der Waals surface area contributed by atoms with Gasteiger partial charge in [0.05, 0.1) is 16.8 Å². The minimum atomic E-state index is -0.496. The smallest absolute Gasteiger partial charge is 0.160 e. The molecule has 0 atom stereocenters. The first-order valence-corrected chi connectivity index (χ1v) is 19.9. The van der Waals surface area contributed by atoms with E-state index in [1.54, 1.807) is 0 Å². The van der Waals surface area contributed by atoms with E-state index in [-0.39, 0.29) is 0 Å². The van der Waals surface area contributed by atoms with Crippen molar-refractivity contribution in [3.05, 3.63) is 229 Å². The summed E-state index contributed by atoms with van der Waals surface area (Å²) in [5.74, 6) is 0.704. The molecule has 0 N–H and O–H groups in total. The molecule has 0 spiro atoms. The number of nitrogens with zero attached hydrogens (tertiary/aromatic N) is 2. The first kappa shape index (κ1) is 32.5. The van der Waals surface area contributed by atoms with E-state index in [1.807, 2.05) is 17.4 Å². The Hall–Kier alpha value is -6.94. The Bertz CT molecular complexity index is 3040. The van der Waals surface area contributed by atoms with Crippen LogP contribution in [0.15, 0.2) is 206 Å². The number of fused-ring (bicyclic) bond motifs is 6. The minimum Gasteiger partial charge on any atom is -0.228 e. The lowest BCUT2D eigenvalue weighted by molar-refractivity contribution is 0.768. The van der Waals surface area contributed by atoms with Crippen LogP contribution in [0.4, 0.5) is 0 Å². The molecular weight excluding hydrogens is 697 g/mol. The second-order valence-electron chi connectivity index (χ2n) is 14.4. The Morgan fingerprint density at radius 3 is 1.73 bits per heavy atom. The molecule has 0 saturated carbocycles. The van der Waals surface area contributed by atoms with Crippen molar-refractivity contribution in [2.45, 2.75) is 5.41 Å². The van der Waals surface area contributed by atoms with Gasteiger partial charge in [-0.1, -0.05) is 182 Å². The van der Waals surface area contributed by atoms with Gasteiger partial charge in [0, 0.05) is 36.9 Å². The fourth-order valence-corrected chi connectivity index (χ4v) is 10.1. The molecule has 10 aromatic rings. The van der Waals surface area contributed by atoms with Gasteiger partial charge in [0.2, 0.25) is 0 Å². The molecule has 2 heterocycles. The zero-order valence-electron chi connectivity index (χ0n) is 30.4. The van der Waals surface area contributed by atoms with Gasteiger partial charge in [0.15, 0.2) is 5.82 Å². The lowest BCUT2D eigenvalue weighted by atomic mass is 9.67. The zero-order valence-corrected chi connectivity index (χ0v) is 31.2. The van der Waals surface area contributed by atoms with Crippen LogP contribution in [-0.4, -0.2) is 9.97 Å². The van der Waals surface area contributed by atoms with Crippen LogP contribution in [0.2, 0.25) is 0 Å². The lowest BCUT2D eigenvalue weighted by Crippen LogP contribution is -2.28. The van der Waals surface area contributed by atoms with Crippen molar-refractivity contribution in [2.75, 3.05) is 0 Å².